The highest BCUT2D eigenvalue weighted by Gasteiger charge is 2.15. The van der Waals surface area contributed by atoms with E-state index in [1.807, 2.05) is 6.92 Å². The minimum Gasteiger partial charge on any atom is -0.460 e. The third-order valence-corrected chi connectivity index (χ3v) is 4.19. The van der Waals surface area contributed by atoms with Crippen molar-refractivity contribution in [2.24, 2.45) is 0 Å². The number of carbonyl (C=O) groups is 1. The van der Waals surface area contributed by atoms with Crippen molar-refractivity contribution in [1.29, 1.82) is 0 Å². The fourth-order valence-electron chi connectivity index (χ4n) is 1.30. The average molecular weight is 275 g/mol. The van der Waals surface area contributed by atoms with E-state index in [1.54, 1.807) is 0 Å². The molecule has 0 aliphatic rings. The molecule has 0 unspecified atom stereocenters. The van der Waals surface area contributed by atoms with Gasteiger partial charge in [-0.25, -0.2) is 4.79 Å². The molecule has 0 bridgehead atoms. The molecule has 0 saturated carbocycles. The fraction of sp³-hybridized carbons (Fsp3) is 0.750. The second-order valence-electron chi connectivity index (χ2n) is 6.29. The van der Waals surface area contributed by atoms with Crippen LogP contribution in [0.3, 0.4) is 0 Å². The molecule has 0 fully saturated rings. The third kappa shape index (κ3) is 10.5. The van der Waals surface area contributed by atoms with Gasteiger partial charge in [0.05, 0.1) is 14.7 Å². The Morgan fingerprint density at radius 3 is 2.00 bits per heavy atom. The zero-order valence-electron chi connectivity index (χ0n) is 12.2. The number of hydrogen-bond acceptors (Lipinski definition) is 3. The van der Waals surface area contributed by atoms with E-state index in [-0.39, 0.29) is 5.97 Å². The Morgan fingerprint density at radius 2 is 1.59 bits per heavy atom. The monoisotopic (exact) mass is 274 g/mol. The Balaban J connectivity index is 4.00. The smallest absolute Gasteiger partial charge is 0.333 e. The van der Waals surface area contributed by atoms with Gasteiger partial charge < -0.3 is 9.16 Å². The van der Waals surface area contributed by atoms with Crippen molar-refractivity contribution in [2.75, 3.05) is 13.2 Å². The quantitative estimate of drug-likeness (QED) is 0.323. The van der Waals surface area contributed by atoms with Crippen molar-refractivity contribution in [1.82, 2.24) is 0 Å². The molecule has 5 heteroatoms. The molecule has 0 aromatic rings. The Labute approximate surface area is 107 Å². The van der Waals surface area contributed by atoms with Gasteiger partial charge in [0, 0.05) is 5.57 Å². The van der Waals surface area contributed by atoms with Crippen LogP contribution >= 0.6 is 0 Å². The summed E-state index contributed by atoms with van der Waals surface area (Å²) in [6, 6.07) is 0. The summed E-state index contributed by atoms with van der Waals surface area (Å²) in [5, 5.41) is 0. The Hall–Kier alpha value is -0.396. The molecule has 0 aromatic carbocycles. The highest BCUT2D eigenvalue weighted by Crippen LogP contribution is 2.08. The van der Waals surface area contributed by atoms with Crippen LogP contribution in [0, 0.1) is 0 Å². The van der Waals surface area contributed by atoms with E-state index in [0.717, 1.165) is 5.57 Å². The van der Waals surface area contributed by atoms with E-state index < -0.39 is 16.4 Å². The van der Waals surface area contributed by atoms with Gasteiger partial charge in [-0.05, 0) is 26.6 Å². The van der Waals surface area contributed by atoms with Gasteiger partial charge in [-0.15, -0.1) is 0 Å². The molecular weight excluding hydrogens is 248 g/mol. The third-order valence-electron chi connectivity index (χ3n) is 1.82. The molecule has 100 valence electrons. The van der Waals surface area contributed by atoms with E-state index >= 15 is 0 Å². The SMILES string of the molecule is CC(=C[Si](C)(C)C)C(=O)OCCO[Si](C)(C)C. The molecule has 0 aliphatic carbocycles. The molecule has 0 amide bonds. The van der Waals surface area contributed by atoms with E-state index in [9.17, 15) is 4.79 Å². The number of hydrogen-bond donors (Lipinski definition) is 0. The number of ether oxygens (including phenoxy) is 1. The summed E-state index contributed by atoms with van der Waals surface area (Å²) in [6.45, 7) is 15.6. The van der Waals surface area contributed by atoms with Gasteiger partial charge in [-0.3, -0.25) is 0 Å². The van der Waals surface area contributed by atoms with Crippen LogP contribution in [0.5, 0.6) is 0 Å². The van der Waals surface area contributed by atoms with Crippen LogP contribution in [0.4, 0.5) is 0 Å². The average Bonchev–Trinajstić information content (AvgIpc) is 2.07. The lowest BCUT2D eigenvalue weighted by atomic mass is 10.4. The summed E-state index contributed by atoms with van der Waals surface area (Å²) in [5.41, 5.74) is 2.78. The highest BCUT2D eigenvalue weighted by atomic mass is 28.4. The van der Waals surface area contributed by atoms with Crippen LogP contribution in [0.2, 0.25) is 39.3 Å². The van der Waals surface area contributed by atoms with Crippen LogP contribution in [0.25, 0.3) is 0 Å². The fourth-order valence-corrected chi connectivity index (χ4v) is 3.42. The summed E-state index contributed by atoms with van der Waals surface area (Å²) < 4.78 is 10.8. The second-order valence-corrected chi connectivity index (χ2v) is 15.8. The lowest BCUT2D eigenvalue weighted by molar-refractivity contribution is -0.139. The predicted molar refractivity (Wildman–Crippen MR) is 77.4 cm³/mol. The lowest BCUT2D eigenvalue weighted by Gasteiger charge is -2.17. The molecule has 0 heterocycles. The standard InChI is InChI=1S/C12H26O3Si2/c1-11(10-16(2,3)4)12(13)14-8-9-15-17(5,6)7/h10H,8-9H2,1-7H3. The summed E-state index contributed by atoms with van der Waals surface area (Å²) in [7, 11) is -2.84. The topological polar surface area (TPSA) is 35.5 Å². The molecular formula is C12H26O3Si2. The molecule has 0 saturated heterocycles. The van der Waals surface area contributed by atoms with Gasteiger partial charge in [0.25, 0.3) is 0 Å². The molecule has 0 rings (SSSR count). The minimum atomic E-state index is -1.49. The van der Waals surface area contributed by atoms with Crippen molar-refractivity contribution in [2.45, 2.75) is 46.2 Å². The molecule has 17 heavy (non-hydrogen) atoms. The van der Waals surface area contributed by atoms with Gasteiger partial charge in [0.2, 0.25) is 0 Å². The molecule has 0 aliphatic heterocycles. The second kappa shape index (κ2) is 6.51. The van der Waals surface area contributed by atoms with Crippen molar-refractivity contribution in [3.63, 3.8) is 0 Å². The van der Waals surface area contributed by atoms with Crippen LogP contribution in [0.1, 0.15) is 6.92 Å². The normalized spacial score (nSPS) is 13.7. The van der Waals surface area contributed by atoms with Crippen molar-refractivity contribution >= 4 is 22.4 Å². The van der Waals surface area contributed by atoms with Crippen LogP contribution in [-0.2, 0) is 14.0 Å². The molecule has 0 radical (unpaired) electrons. The van der Waals surface area contributed by atoms with Gasteiger partial charge >= 0.3 is 5.97 Å². The van der Waals surface area contributed by atoms with Gasteiger partial charge in [-0.1, -0.05) is 25.3 Å². The molecule has 0 atom stereocenters. The summed E-state index contributed by atoms with van der Waals surface area (Å²) in [6.07, 6.45) is 0. The summed E-state index contributed by atoms with van der Waals surface area (Å²) in [5.74, 6) is -0.216. The molecule has 0 spiro atoms. The number of carbonyl (C=O) groups excluding carboxylic acids is 1. The first-order valence-electron chi connectivity index (χ1n) is 6.02. The zero-order valence-corrected chi connectivity index (χ0v) is 14.2. The van der Waals surface area contributed by atoms with Gasteiger partial charge in [0.1, 0.15) is 6.61 Å². The van der Waals surface area contributed by atoms with Crippen LogP contribution in [0.15, 0.2) is 11.3 Å². The van der Waals surface area contributed by atoms with Crippen molar-refractivity contribution in [3.8, 4) is 0 Å². The van der Waals surface area contributed by atoms with Crippen molar-refractivity contribution in [3.05, 3.63) is 11.3 Å². The first-order valence-corrected chi connectivity index (χ1v) is 13.0. The minimum absolute atomic E-state index is 0.216. The predicted octanol–water partition coefficient (Wildman–Crippen LogP) is 3.20. The highest BCUT2D eigenvalue weighted by molar-refractivity contribution is 6.81. The zero-order chi connectivity index (χ0) is 13.7. The molecule has 0 N–H and O–H groups in total. The van der Waals surface area contributed by atoms with Crippen LogP contribution < -0.4 is 0 Å². The van der Waals surface area contributed by atoms with E-state index in [0.29, 0.717) is 13.2 Å². The lowest BCUT2D eigenvalue weighted by Crippen LogP contribution is -2.28. The Kier molecular flexibility index (Phi) is 6.36. The maximum absolute atomic E-state index is 11.6. The van der Waals surface area contributed by atoms with Crippen molar-refractivity contribution < 1.29 is 14.0 Å². The van der Waals surface area contributed by atoms with Gasteiger partial charge in [-0.2, -0.15) is 0 Å². The summed E-state index contributed by atoms with van der Waals surface area (Å²) >= 11 is 0. The summed E-state index contributed by atoms with van der Waals surface area (Å²) in [4.78, 5) is 11.6. The van der Waals surface area contributed by atoms with Gasteiger partial charge in [0.15, 0.2) is 8.32 Å². The van der Waals surface area contributed by atoms with Crippen LogP contribution in [-0.4, -0.2) is 35.6 Å². The maximum Gasteiger partial charge on any atom is 0.333 e. The molecule has 3 nitrogen and oxygen atoms in total. The largest absolute Gasteiger partial charge is 0.460 e. The maximum atomic E-state index is 11.6. The molecule has 0 aromatic heterocycles. The first kappa shape index (κ1) is 16.6. The first-order chi connectivity index (χ1) is 7.51. The Bertz CT molecular complexity index is 285. The van der Waals surface area contributed by atoms with E-state index in [4.69, 9.17) is 9.16 Å². The Morgan fingerprint density at radius 1 is 1.06 bits per heavy atom. The van der Waals surface area contributed by atoms with E-state index in [2.05, 4.69) is 45.0 Å². The number of esters is 1. The van der Waals surface area contributed by atoms with E-state index in [1.165, 1.54) is 0 Å². The number of rotatable bonds is 6.